The van der Waals surface area contributed by atoms with Gasteiger partial charge in [0.05, 0.1) is 5.02 Å². The third-order valence-electron chi connectivity index (χ3n) is 5.91. The first-order valence-corrected chi connectivity index (χ1v) is 12.3. The normalized spacial score (nSPS) is 12.0. The summed E-state index contributed by atoms with van der Waals surface area (Å²) in [6.07, 6.45) is 1.93. The molecule has 1 aliphatic rings. The van der Waals surface area contributed by atoms with Gasteiger partial charge in [-0.1, -0.05) is 78.0 Å². The molecule has 0 bridgehead atoms. The molecule has 0 saturated heterocycles. The second-order valence-electron chi connectivity index (χ2n) is 8.06. The largest absolute Gasteiger partial charge is 0.449 e. The van der Waals surface area contributed by atoms with Gasteiger partial charge in [-0.05, 0) is 52.1 Å². The van der Waals surface area contributed by atoms with Crippen LogP contribution in [0.25, 0.3) is 11.1 Å². The quantitative estimate of drug-likeness (QED) is 0.285. The third-order valence-corrected chi connectivity index (χ3v) is 7.45. The number of nitrogens with zero attached hydrogens (tertiary/aromatic N) is 1. The lowest BCUT2D eigenvalue weighted by molar-refractivity contribution is 0.112. The Morgan fingerprint density at radius 1 is 1.00 bits per heavy atom. The fourth-order valence-corrected chi connectivity index (χ4v) is 5.41. The zero-order valence-electron chi connectivity index (χ0n) is 18.6. The molecule has 0 aliphatic heterocycles. The van der Waals surface area contributed by atoms with Crippen molar-refractivity contribution in [3.05, 3.63) is 112 Å². The number of benzene rings is 3. The molecule has 0 saturated carbocycles. The second kappa shape index (κ2) is 10.3. The Kier molecular flexibility index (Phi) is 6.84. The summed E-state index contributed by atoms with van der Waals surface area (Å²) in [7, 11) is 0. The second-order valence-corrected chi connectivity index (χ2v) is 9.50. The highest BCUT2D eigenvalue weighted by molar-refractivity contribution is 7.99. The van der Waals surface area contributed by atoms with Crippen molar-refractivity contribution in [1.82, 2.24) is 10.3 Å². The molecule has 1 aromatic heterocycles. The summed E-state index contributed by atoms with van der Waals surface area (Å²) in [5.41, 5.74) is 6.07. The lowest BCUT2D eigenvalue weighted by Gasteiger charge is -2.15. The monoisotopic (exact) mass is 500 g/mol. The minimum Gasteiger partial charge on any atom is -0.449 e. The highest BCUT2D eigenvalue weighted by Gasteiger charge is 2.28. The van der Waals surface area contributed by atoms with Crippen LogP contribution in [0.15, 0.2) is 95.0 Å². The van der Waals surface area contributed by atoms with Gasteiger partial charge in [0, 0.05) is 29.1 Å². The Bertz CT molecular complexity index is 1360. The van der Waals surface area contributed by atoms with Crippen LogP contribution in [0.5, 0.6) is 0 Å². The standard InChI is InChI=1S/C28H21ClN2O3S/c29-25-14-18(11-12-26(25)35-27-19(16-32)6-5-13-30-27)15-31-28(33)34-17-24-22-9-3-1-7-20(22)21-8-2-4-10-23(21)24/h1-14,16,24H,15,17H2,(H,31,33). The minimum atomic E-state index is -0.481. The molecule has 1 heterocycles. The number of hydrogen-bond acceptors (Lipinski definition) is 5. The number of hydrogen-bond donors (Lipinski definition) is 1. The summed E-state index contributed by atoms with van der Waals surface area (Å²) in [4.78, 5) is 28.7. The van der Waals surface area contributed by atoms with Crippen molar-refractivity contribution in [2.45, 2.75) is 22.4 Å². The van der Waals surface area contributed by atoms with E-state index in [2.05, 4.69) is 34.6 Å². The van der Waals surface area contributed by atoms with E-state index in [1.807, 2.05) is 36.4 Å². The van der Waals surface area contributed by atoms with E-state index < -0.39 is 6.09 Å². The SMILES string of the molecule is O=Cc1cccnc1Sc1ccc(CNC(=O)OCC2c3ccccc3-c3ccccc32)cc1Cl. The molecule has 1 amide bonds. The van der Waals surface area contributed by atoms with Gasteiger partial charge in [0.2, 0.25) is 0 Å². The Balaban J connectivity index is 1.19. The fourth-order valence-electron chi connectivity index (χ4n) is 4.24. The summed E-state index contributed by atoms with van der Waals surface area (Å²) in [6, 6.07) is 25.4. The van der Waals surface area contributed by atoms with Crippen LogP contribution in [0.3, 0.4) is 0 Å². The average molecular weight is 501 g/mol. The van der Waals surface area contributed by atoms with Gasteiger partial charge in [-0.2, -0.15) is 0 Å². The molecular formula is C28H21ClN2O3S. The van der Waals surface area contributed by atoms with Crippen LogP contribution in [0, 0.1) is 0 Å². The molecule has 0 radical (unpaired) electrons. The predicted molar refractivity (Wildman–Crippen MR) is 137 cm³/mol. The Hall–Kier alpha value is -3.61. The molecule has 5 rings (SSSR count). The van der Waals surface area contributed by atoms with Crippen LogP contribution in [-0.4, -0.2) is 24.0 Å². The lowest BCUT2D eigenvalue weighted by Crippen LogP contribution is -2.25. The number of fused-ring (bicyclic) bond motifs is 3. The van der Waals surface area contributed by atoms with Gasteiger partial charge in [0.15, 0.2) is 6.29 Å². The number of alkyl carbamates (subject to hydrolysis) is 1. The van der Waals surface area contributed by atoms with Gasteiger partial charge >= 0.3 is 6.09 Å². The Morgan fingerprint density at radius 2 is 1.71 bits per heavy atom. The number of amides is 1. The maximum atomic E-state index is 12.4. The first-order chi connectivity index (χ1) is 17.1. The molecule has 35 heavy (non-hydrogen) atoms. The number of carbonyl (C=O) groups excluding carboxylic acids is 2. The smallest absolute Gasteiger partial charge is 0.407 e. The third kappa shape index (κ3) is 4.94. The number of rotatable bonds is 7. The Morgan fingerprint density at radius 3 is 2.40 bits per heavy atom. The number of carbonyl (C=O) groups is 2. The molecule has 4 aromatic rings. The van der Waals surface area contributed by atoms with Crippen molar-refractivity contribution in [3.8, 4) is 11.1 Å². The maximum absolute atomic E-state index is 12.4. The predicted octanol–water partition coefficient (Wildman–Crippen LogP) is 6.74. The fraction of sp³-hybridized carbons (Fsp3) is 0.107. The summed E-state index contributed by atoms with van der Waals surface area (Å²) >= 11 is 7.78. The van der Waals surface area contributed by atoms with Gasteiger partial charge < -0.3 is 10.1 Å². The van der Waals surface area contributed by atoms with E-state index >= 15 is 0 Å². The first kappa shape index (κ1) is 23.1. The number of halogens is 1. The van der Waals surface area contributed by atoms with Crippen LogP contribution >= 0.6 is 23.4 Å². The van der Waals surface area contributed by atoms with Crippen molar-refractivity contribution in [3.63, 3.8) is 0 Å². The number of ether oxygens (including phenoxy) is 1. The van der Waals surface area contributed by atoms with Crippen LogP contribution in [0.1, 0.15) is 33.0 Å². The number of nitrogens with one attached hydrogen (secondary N) is 1. The lowest BCUT2D eigenvalue weighted by atomic mass is 9.98. The van der Waals surface area contributed by atoms with Gasteiger partial charge in [-0.25, -0.2) is 9.78 Å². The number of aldehydes is 1. The number of pyridine rings is 1. The van der Waals surface area contributed by atoms with Gasteiger partial charge in [0.25, 0.3) is 0 Å². The first-order valence-electron chi connectivity index (χ1n) is 11.1. The summed E-state index contributed by atoms with van der Waals surface area (Å²) < 4.78 is 5.59. The topological polar surface area (TPSA) is 68.3 Å². The molecule has 1 aliphatic carbocycles. The van der Waals surface area contributed by atoms with E-state index in [4.69, 9.17) is 16.3 Å². The van der Waals surface area contributed by atoms with Crippen molar-refractivity contribution < 1.29 is 14.3 Å². The summed E-state index contributed by atoms with van der Waals surface area (Å²) in [5, 5.41) is 3.91. The van der Waals surface area contributed by atoms with Gasteiger partial charge in [0.1, 0.15) is 11.6 Å². The van der Waals surface area contributed by atoms with E-state index in [9.17, 15) is 9.59 Å². The molecule has 0 fully saturated rings. The van der Waals surface area contributed by atoms with Gasteiger partial charge in [-0.15, -0.1) is 0 Å². The Labute approximate surface area is 212 Å². The van der Waals surface area contributed by atoms with Crippen LogP contribution < -0.4 is 5.32 Å². The average Bonchev–Trinajstić information content (AvgIpc) is 3.21. The molecule has 1 N–H and O–H groups in total. The zero-order chi connectivity index (χ0) is 24.2. The molecule has 3 aromatic carbocycles. The van der Waals surface area contributed by atoms with E-state index in [0.29, 0.717) is 15.6 Å². The molecule has 174 valence electrons. The summed E-state index contributed by atoms with van der Waals surface area (Å²) in [6.45, 7) is 0.545. The van der Waals surface area contributed by atoms with Crippen molar-refractivity contribution in [1.29, 1.82) is 0 Å². The van der Waals surface area contributed by atoms with Crippen LogP contribution in [-0.2, 0) is 11.3 Å². The van der Waals surface area contributed by atoms with Crippen molar-refractivity contribution in [2.24, 2.45) is 0 Å². The molecule has 0 unspecified atom stereocenters. The van der Waals surface area contributed by atoms with Crippen LogP contribution in [0.2, 0.25) is 5.02 Å². The summed E-state index contributed by atoms with van der Waals surface area (Å²) in [5.74, 6) is 0.0155. The highest BCUT2D eigenvalue weighted by atomic mass is 35.5. The van der Waals surface area contributed by atoms with Gasteiger partial charge in [-0.3, -0.25) is 4.79 Å². The minimum absolute atomic E-state index is 0.0155. The molecule has 7 heteroatoms. The number of aromatic nitrogens is 1. The van der Waals surface area contributed by atoms with E-state index in [-0.39, 0.29) is 19.1 Å². The highest BCUT2D eigenvalue weighted by Crippen LogP contribution is 2.44. The van der Waals surface area contributed by atoms with E-state index in [1.54, 1.807) is 24.4 Å². The van der Waals surface area contributed by atoms with Crippen LogP contribution in [0.4, 0.5) is 4.79 Å². The van der Waals surface area contributed by atoms with E-state index in [0.717, 1.165) is 16.7 Å². The molecule has 5 nitrogen and oxygen atoms in total. The molecule has 0 spiro atoms. The molecule has 0 atom stereocenters. The van der Waals surface area contributed by atoms with Crippen molar-refractivity contribution in [2.75, 3.05) is 6.61 Å². The van der Waals surface area contributed by atoms with E-state index in [1.165, 1.54) is 34.0 Å². The zero-order valence-corrected chi connectivity index (χ0v) is 20.2. The maximum Gasteiger partial charge on any atom is 0.407 e. The van der Waals surface area contributed by atoms with Crippen molar-refractivity contribution >= 4 is 35.7 Å². The molecular weight excluding hydrogens is 480 g/mol.